The van der Waals surface area contributed by atoms with E-state index in [4.69, 9.17) is 14.5 Å². The Morgan fingerprint density at radius 2 is 1.40 bits per heavy atom. The summed E-state index contributed by atoms with van der Waals surface area (Å²) in [6, 6.07) is 19.0. The molecule has 0 aliphatic carbocycles. The average molecular weight is 835 g/mol. The van der Waals surface area contributed by atoms with E-state index in [2.05, 4.69) is 30.1 Å². The number of azo groups is 1. The van der Waals surface area contributed by atoms with Crippen LogP contribution >= 0.6 is 7.82 Å². The van der Waals surface area contributed by atoms with E-state index in [1.165, 1.54) is 36.4 Å². The minimum atomic E-state index is -4.93. The maximum absolute atomic E-state index is 14.7. The predicted octanol–water partition coefficient (Wildman–Crippen LogP) is 7.17. The standard InChI is InChI=1S/C39H56FN6O9PS/c1-38(2,45-57(52,53)32-21-17-30(18-22-32)44-43-29-15-19-31(20-16-29)46(5)6)25-28-54-39(3,4)24-23-35(47)41-26-11-7-8-12-27-42-37(48)36(40)33-13-9-10-14-34(33)55-56(49,50)51/h9-10,13-22,36,45H,7-8,11-12,23-28H2,1-6H3,(H,41,47)(H,42,48)(H2,49,50,51)/b44-43+. The summed E-state index contributed by atoms with van der Waals surface area (Å²) in [5.41, 5.74) is 0.516. The van der Waals surface area contributed by atoms with Gasteiger partial charge in [-0.25, -0.2) is 22.1 Å². The Bertz CT molecular complexity index is 1940. The van der Waals surface area contributed by atoms with Gasteiger partial charge in [0.25, 0.3) is 5.91 Å². The number of phosphoric acid groups is 1. The lowest BCUT2D eigenvalue weighted by atomic mass is 10.0. The van der Waals surface area contributed by atoms with Gasteiger partial charge in [-0.1, -0.05) is 31.0 Å². The maximum Gasteiger partial charge on any atom is 0.524 e. The first kappa shape index (κ1) is 47.1. The largest absolute Gasteiger partial charge is 0.524 e. The van der Waals surface area contributed by atoms with Crippen LogP contribution in [0.5, 0.6) is 5.75 Å². The Labute approximate surface area is 335 Å². The number of nitrogens with one attached hydrogen (secondary N) is 3. The van der Waals surface area contributed by atoms with Gasteiger partial charge in [0.15, 0.2) is 0 Å². The van der Waals surface area contributed by atoms with Crippen LogP contribution in [0, 0.1) is 0 Å². The lowest BCUT2D eigenvalue weighted by molar-refractivity contribution is -0.126. The summed E-state index contributed by atoms with van der Waals surface area (Å²) in [5, 5.41) is 13.8. The second kappa shape index (κ2) is 21.5. The average Bonchev–Trinajstić information content (AvgIpc) is 3.13. The Kier molecular flexibility index (Phi) is 17.8. The number of phosphoric ester groups is 1. The van der Waals surface area contributed by atoms with E-state index in [9.17, 15) is 27.0 Å². The first-order valence-electron chi connectivity index (χ1n) is 18.7. The van der Waals surface area contributed by atoms with Crippen molar-refractivity contribution in [1.29, 1.82) is 0 Å². The summed E-state index contributed by atoms with van der Waals surface area (Å²) >= 11 is 0. The summed E-state index contributed by atoms with van der Waals surface area (Å²) in [4.78, 5) is 44.9. The van der Waals surface area contributed by atoms with Crippen molar-refractivity contribution >= 4 is 46.7 Å². The third-order valence-electron chi connectivity index (χ3n) is 8.74. The fourth-order valence-electron chi connectivity index (χ4n) is 5.43. The van der Waals surface area contributed by atoms with Gasteiger partial charge in [-0.15, -0.1) is 0 Å². The number of carbonyl (C=O) groups excluding carboxylic acids is 2. The molecule has 0 aliphatic heterocycles. The molecule has 0 fully saturated rings. The minimum absolute atomic E-state index is 0.104. The van der Waals surface area contributed by atoms with Gasteiger partial charge < -0.3 is 24.8 Å². The third kappa shape index (κ3) is 17.4. The molecule has 0 spiro atoms. The molecule has 0 heterocycles. The van der Waals surface area contributed by atoms with Crippen LogP contribution in [0.2, 0.25) is 0 Å². The van der Waals surface area contributed by atoms with Crippen LogP contribution in [0.3, 0.4) is 0 Å². The number of anilines is 1. The topological polar surface area (TPSA) is 208 Å². The molecule has 15 nitrogen and oxygen atoms in total. The highest BCUT2D eigenvalue weighted by Crippen LogP contribution is 2.41. The first-order valence-corrected chi connectivity index (χ1v) is 21.7. The highest BCUT2D eigenvalue weighted by Gasteiger charge is 2.29. The molecule has 2 amide bonds. The quantitative estimate of drug-likeness (QED) is 0.0349. The van der Waals surface area contributed by atoms with E-state index >= 15 is 0 Å². The minimum Gasteiger partial charge on any atom is -0.404 e. The van der Waals surface area contributed by atoms with Crippen molar-refractivity contribution in [2.45, 2.75) is 94.8 Å². The van der Waals surface area contributed by atoms with Crippen molar-refractivity contribution in [2.24, 2.45) is 10.2 Å². The number of carbonyl (C=O) groups is 2. The molecule has 314 valence electrons. The fraction of sp³-hybridized carbons (Fsp3) is 0.487. The molecular formula is C39H56FN6O9PS. The number of hydrogen-bond acceptors (Lipinski definition) is 10. The molecule has 0 bridgehead atoms. The molecule has 18 heteroatoms. The van der Waals surface area contributed by atoms with Gasteiger partial charge in [-0.2, -0.15) is 10.2 Å². The lowest BCUT2D eigenvalue weighted by Crippen LogP contribution is -2.44. The van der Waals surface area contributed by atoms with Gasteiger partial charge in [-0.3, -0.25) is 19.4 Å². The lowest BCUT2D eigenvalue weighted by Gasteiger charge is -2.30. The fourth-order valence-corrected chi connectivity index (χ4v) is 7.30. The van der Waals surface area contributed by atoms with Crippen molar-refractivity contribution in [3.05, 3.63) is 78.4 Å². The molecule has 57 heavy (non-hydrogen) atoms. The Morgan fingerprint density at radius 1 is 0.842 bits per heavy atom. The number of para-hydroxylation sites is 1. The van der Waals surface area contributed by atoms with Gasteiger partial charge in [0.05, 0.1) is 21.9 Å². The van der Waals surface area contributed by atoms with Crippen LogP contribution in [-0.2, 0) is 28.9 Å². The summed E-state index contributed by atoms with van der Waals surface area (Å²) in [6.45, 7) is 8.28. The number of nitrogens with zero attached hydrogens (tertiary/aromatic N) is 3. The van der Waals surface area contributed by atoms with Gasteiger partial charge >= 0.3 is 7.82 Å². The molecule has 1 atom stereocenters. The molecule has 0 aromatic heterocycles. The van der Waals surface area contributed by atoms with E-state index in [0.717, 1.165) is 18.5 Å². The van der Waals surface area contributed by atoms with Gasteiger partial charge in [-0.05, 0) is 108 Å². The van der Waals surface area contributed by atoms with Crippen molar-refractivity contribution in [1.82, 2.24) is 15.4 Å². The molecular weight excluding hydrogens is 779 g/mol. The zero-order valence-electron chi connectivity index (χ0n) is 33.4. The zero-order valence-corrected chi connectivity index (χ0v) is 35.1. The number of ether oxygens (including phenoxy) is 1. The highest BCUT2D eigenvalue weighted by molar-refractivity contribution is 7.89. The Morgan fingerprint density at radius 3 is 1.98 bits per heavy atom. The van der Waals surface area contributed by atoms with Crippen LogP contribution < -0.4 is 24.8 Å². The van der Waals surface area contributed by atoms with Crippen LogP contribution in [0.4, 0.5) is 21.5 Å². The second-order valence-electron chi connectivity index (χ2n) is 15.0. The molecule has 3 aromatic rings. The van der Waals surface area contributed by atoms with E-state index in [1.54, 1.807) is 26.0 Å². The van der Waals surface area contributed by atoms with Gasteiger partial charge in [0.2, 0.25) is 22.1 Å². The number of rotatable bonds is 24. The van der Waals surface area contributed by atoms with Gasteiger partial charge in [0.1, 0.15) is 5.75 Å². The first-order chi connectivity index (χ1) is 26.7. The molecule has 0 saturated heterocycles. The van der Waals surface area contributed by atoms with E-state index in [1.807, 2.05) is 57.1 Å². The smallest absolute Gasteiger partial charge is 0.404 e. The van der Waals surface area contributed by atoms with Crippen molar-refractivity contribution in [2.75, 3.05) is 38.7 Å². The third-order valence-corrected chi connectivity index (χ3v) is 10.9. The molecule has 1 unspecified atom stereocenters. The molecule has 0 aliphatic rings. The number of benzene rings is 3. The summed E-state index contributed by atoms with van der Waals surface area (Å²) in [6.07, 6.45) is 1.72. The van der Waals surface area contributed by atoms with Crippen LogP contribution in [0.25, 0.3) is 0 Å². The van der Waals surface area contributed by atoms with Crippen LogP contribution in [-0.4, -0.2) is 75.0 Å². The zero-order chi connectivity index (χ0) is 42.3. The molecule has 3 rings (SSSR count). The highest BCUT2D eigenvalue weighted by atomic mass is 32.2. The summed E-state index contributed by atoms with van der Waals surface area (Å²) in [7, 11) is -4.85. The van der Waals surface area contributed by atoms with Gasteiger partial charge in [0, 0.05) is 57.0 Å². The maximum atomic E-state index is 14.7. The predicted molar refractivity (Wildman–Crippen MR) is 217 cm³/mol. The van der Waals surface area contributed by atoms with Crippen molar-refractivity contribution in [3.63, 3.8) is 0 Å². The van der Waals surface area contributed by atoms with Crippen LogP contribution in [0.15, 0.2) is 87.9 Å². The molecule has 0 saturated carbocycles. The molecule has 0 radical (unpaired) electrons. The second-order valence-corrected chi connectivity index (χ2v) is 17.8. The number of unbranched alkanes of at least 4 members (excludes halogenated alkanes) is 3. The Balaban J connectivity index is 1.29. The van der Waals surface area contributed by atoms with Crippen LogP contribution in [0.1, 0.15) is 84.4 Å². The molecule has 3 aromatic carbocycles. The van der Waals surface area contributed by atoms with Crippen molar-refractivity contribution < 1.29 is 46.0 Å². The summed E-state index contributed by atoms with van der Waals surface area (Å²) < 4.78 is 65.5. The number of sulfonamides is 1. The number of halogens is 1. The van der Waals surface area contributed by atoms with E-state index < -0.39 is 46.8 Å². The number of amides is 2. The van der Waals surface area contributed by atoms with E-state index in [0.29, 0.717) is 43.6 Å². The normalized spacial score (nSPS) is 13.0. The number of hydrogen-bond donors (Lipinski definition) is 5. The Hall–Kier alpha value is -4.25. The van der Waals surface area contributed by atoms with E-state index in [-0.39, 0.29) is 35.9 Å². The summed E-state index contributed by atoms with van der Waals surface area (Å²) in [5.74, 6) is -1.46. The molecule has 5 N–H and O–H groups in total. The monoisotopic (exact) mass is 834 g/mol. The number of alkyl halides is 1. The van der Waals surface area contributed by atoms with Crippen molar-refractivity contribution in [3.8, 4) is 5.75 Å². The SMILES string of the molecule is CN(C)c1ccc(/N=N/c2ccc(S(=O)(=O)NC(C)(C)CCOC(C)(C)CCC(=O)NCCCCCCNC(=O)C(F)c3ccccc3OP(=O)(O)O)cc2)cc1.